The van der Waals surface area contributed by atoms with Gasteiger partial charge in [-0.2, -0.15) is 0 Å². The van der Waals surface area contributed by atoms with Gasteiger partial charge in [0, 0.05) is 19.6 Å². The Balaban J connectivity index is 0. The van der Waals surface area contributed by atoms with E-state index in [-0.39, 0.29) is 39.5 Å². The molecule has 16 heavy (non-hydrogen) atoms. The van der Waals surface area contributed by atoms with Crippen LogP contribution in [-0.2, 0) is 4.79 Å². The Labute approximate surface area is 93.0 Å². The molecule has 0 aliphatic heterocycles. The molecule has 8 heteroatoms. The minimum Gasteiger partial charge on any atom is -0.395 e. The average Bonchev–Trinajstić information content (AvgIpc) is 2.26. The molecular weight excluding hydrogens is 218 g/mol. The average molecular weight is 235 g/mol. The summed E-state index contributed by atoms with van der Waals surface area (Å²) in [6.07, 6.45) is 0.750. The van der Waals surface area contributed by atoms with Gasteiger partial charge in [0.1, 0.15) is 0 Å². The molecule has 0 saturated carbocycles. The lowest BCUT2D eigenvalue weighted by Crippen LogP contribution is -2.43. The number of hydrogen-bond donors (Lipinski definition) is 5. The predicted molar refractivity (Wildman–Crippen MR) is 54.6 cm³/mol. The Kier molecular flexibility index (Phi) is 14.3. The molecule has 0 spiro atoms. The maximum atomic E-state index is 11.2. The maximum Gasteiger partial charge on any atom is 0.317 e. The first-order chi connectivity index (χ1) is 7.67. The predicted octanol–water partition coefficient (Wildman–Crippen LogP) is -2.12. The fourth-order valence-corrected chi connectivity index (χ4v) is 0.831. The molecule has 0 heterocycles. The van der Waals surface area contributed by atoms with E-state index in [4.69, 9.17) is 25.5 Å². The second-order valence-corrected chi connectivity index (χ2v) is 2.49. The summed E-state index contributed by atoms with van der Waals surface area (Å²) in [5.74, 6) is 0. The van der Waals surface area contributed by atoms with Crippen molar-refractivity contribution in [3.8, 4) is 0 Å². The number of carbonyl (C=O) groups excluding carboxylic acids is 2. The van der Waals surface area contributed by atoms with Crippen molar-refractivity contribution in [2.45, 2.75) is 0 Å². The van der Waals surface area contributed by atoms with Crippen molar-refractivity contribution in [3.63, 3.8) is 0 Å². The Bertz CT molecular complexity index is 200. The summed E-state index contributed by atoms with van der Waals surface area (Å²) < 4.78 is 0. The van der Waals surface area contributed by atoms with Crippen LogP contribution in [0.25, 0.3) is 0 Å². The molecule has 0 aromatic rings. The van der Waals surface area contributed by atoms with Crippen molar-refractivity contribution in [2.24, 2.45) is 0 Å². The van der Waals surface area contributed by atoms with Gasteiger partial charge in [0.25, 0.3) is 0 Å². The van der Waals surface area contributed by atoms with E-state index in [0.717, 1.165) is 6.08 Å². The van der Waals surface area contributed by atoms with E-state index >= 15 is 0 Å². The lowest BCUT2D eigenvalue weighted by molar-refractivity contribution is 0.156. The molecule has 0 aromatic heterocycles. The number of carbonyl (C=O) groups is 1. The fourth-order valence-electron chi connectivity index (χ4n) is 0.831. The highest BCUT2D eigenvalue weighted by Crippen LogP contribution is 1.87. The third-order valence-electron chi connectivity index (χ3n) is 1.42. The Morgan fingerprint density at radius 3 is 1.94 bits per heavy atom. The lowest BCUT2D eigenvalue weighted by Gasteiger charge is -2.20. The van der Waals surface area contributed by atoms with Crippen LogP contribution in [0.15, 0.2) is 0 Å². The van der Waals surface area contributed by atoms with Crippen molar-refractivity contribution in [2.75, 3.05) is 39.5 Å². The Morgan fingerprint density at radius 2 is 1.62 bits per heavy atom. The molecule has 0 radical (unpaired) electrons. The number of nitrogens with zero attached hydrogens (tertiary/aromatic N) is 1. The van der Waals surface area contributed by atoms with Crippen LogP contribution in [0.4, 0.5) is 4.79 Å². The van der Waals surface area contributed by atoms with Gasteiger partial charge in [0.05, 0.1) is 19.8 Å². The third-order valence-corrected chi connectivity index (χ3v) is 1.42. The number of aliphatic hydroxyl groups is 3. The zero-order valence-electron chi connectivity index (χ0n) is 8.85. The lowest BCUT2D eigenvalue weighted by atomic mass is 10.5. The summed E-state index contributed by atoms with van der Waals surface area (Å²) in [6.45, 7) is 0.110. The molecular formula is C8H17N3O5. The molecule has 0 rings (SSSR count). The minimum absolute atomic E-state index is 0.127. The first-order valence-electron chi connectivity index (χ1n) is 4.57. The van der Waals surface area contributed by atoms with Gasteiger partial charge in [-0.1, -0.05) is 0 Å². The molecule has 2 amide bonds. The van der Waals surface area contributed by atoms with Gasteiger partial charge < -0.3 is 25.5 Å². The molecule has 94 valence electrons. The number of aliphatic hydroxyl groups excluding tert-OH is 3. The monoisotopic (exact) mass is 235 g/mol. The highest BCUT2D eigenvalue weighted by molar-refractivity contribution is 5.74. The highest BCUT2D eigenvalue weighted by atomic mass is 16.3. The van der Waals surface area contributed by atoms with Gasteiger partial charge in [0.15, 0.2) is 0 Å². The van der Waals surface area contributed by atoms with Gasteiger partial charge >= 0.3 is 6.03 Å². The Hall–Kier alpha value is -1.47. The van der Waals surface area contributed by atoms with Crippen LogP contribution in [0.3, 0.4) is 0 Å². The van der Waals surface area contributed by atoms with E-state index in [1.54, 1.807) is 0 Å². The number of amides is 2. The molecule has 0 aromatic carbocycles. The Morgan fingerprint density at radius 1 is 1.19 bits per heavy atom. The number of urea groups is 1. The molecule has 0 aliphatic carbocycles. The number of rotatable bonds is 6. The second kappa shape index (κ2) is 13.5. The molecule has 0 fully saturated rings. The normalized spacial score (nSPS) is 8.44. The van der Waals surface area contributed by atoms with Crippen molar-refractivity contribution >= 4 is 12.1 Å². The summed E-state index contributed by atoms with van der Waals surface area (Å²) in [7, 11) is 0. The molecule has 8 nitrogen and oxygen atoms in total. The molecule has 0 aliphatic rings. The first kappa shape index (κ1) is 16.9. The smallest absolute Gasteiger partial charge is 0.317 e. The quantitative estimate of drug-likeness (QED) is 0.265. The number of isocyanates is 1. The summed E-state index contributed by atoms with van der Waals surface area (Å²) in [5.41, 5.74) is 0. The zero-order valence-corrected chi connectivity index (χ0v) is 8.85. The first-order valence-corrected chi connectivity index (χ1v) is 4.57. The minimum atomic E-state index is -0.392. The van der Waals surface area contributed by atoms with E-state index in [2.05, 4.69) is 5.32 Å². The maximum absolute atomic E-state index is 11.2. The van der Waals surface area contributed by atoms with Crippen molar-refractivity contribution in [1.82, 2.24) is 10.2 Å². The van der Waals surface area contributed by atoms with Gasteiger partial charge in [-0.3, -0.25) is 0 Å². The standard InChI is InChI=1S/C7H16N2O4.CHNO/c10-4-1-8-7(13)9(2-5-11)3-6-12;2-1-3/h10-12H,1-6H2,(H,8,13);2H. The number of hydrogen-bond acceptors (Lipinski definition) is 6. The molecule has 5 N–H and O–H groups in total. The van der Waals surface area contributed by atoms with E-state index in [1.165, 1.54) is 4.90 Å². The van der Waals surface area contributed by atoms with Crippen LogP contribution < -0.4 is 5.32 Å². The van der Waals surface area contributed by atoms with E-state index in [9.17, 15) is 4.79 Å². The highest BCUT2D eigenvalue weighted by Gasteiger charge is 2.10. The van der Waals surface area contributed by atoms with Crippen molar-refractivity contribution < 1.29 is 24.9 Å². The van der Waals surface area contributed by atoms with Crippen LogP contribution in [-0.4, -0.2) is 71.8 Å². The van der Waals surface area contributed by atoms with Crippen LogP contribution >= 0.6 is 0 Å². The summed E-state index contributed by atoms with van der Waals surface area (Å²) >= 11 is 0. The van der Waals surface area contributed by atoms with Crippen LogP contribution in [0, 0.1) is 5.41 Å². The number of nitrogens with one attached hydrogen (secondary N) is 2. The molecule has 0 unspecified atom stereocenters. The van der Waals surface area contributed by atoms with Gasteiger partial charge in [-0.25, -0.2) is 15.0 Å². The van der Waals surface area contributed by atoms with Crippen LogP contribution in [0.2, 0.25) is 0 Å². The van der Waals surface area contributed by atoms with Gasteiger partial charge in [-0.15, -0.1) is 0 Å². The van der Waals surface area contributed by atoms with E-state index in [0.29, 0.717) is 0 Å². The largest absolute Gasteiger partial charge is 0.395 e. The second-order valence-electron chi connectivity index (χ2n) is 2.49. The van der Waals surface area contributed by atoms with Gasteiger partial charge in [0.2, 0.25) is 6.08 Å². The third kappa shape index (κ3) is 10.6. The van der Waals surface area contributed by atoms with Crippen LogP contribution in [0.5, 0.6) is 0 Å². The van der Waals surface area contributed by atoms with Crippen molar-refractivity contribution in [3.05, 3.63) is 0 Å². The van der Waals surface area contributed by atoms with E-state index < -0.39 is 6.03 Å². The summed E-state index contributed by atoms with van der Waals surface area (Å²) in [6, 6.07) is -0.392. The fraction of sp³-hybridized carbons (Fsp3) is 0.750. The van der Waals surface area contributed by atoms with Gasteiger partial charge in [-0.05, 0) is 0 Å². The van der Waals surface area contributed by atoms with Crippen LogP contribution in [0.1, 0.15) is 0 Å². The van der Waals surface area contributed by atoms with Crippen molar-refractivity contribution in [1.29, 1.82) is 5.41 Å². The zero-order chi connectivity index (χ0) is 12.8. The summed E-state index contributed by atoms with van der Waals surface area (Å²) in [5, 5.41) is 33.4. The topological polar surface area (TPSA) is 134 Å². The van der Waals surface area contributed by atoms with E-state index in [1.807, 2.05) is 0 Å². The molecule has 0 atom stereocenters. The molecule has 0 saturated heterocycles. The SMILES string of the molecule is N=C=O.O=C(NCCO)N(CCO)CCO. The summed E-state index contributed by atoms with van der Waals surface area (Å²) in [4.78, 5) is 20.8. The molecule has 0 bridgehead atoms.